The fraction of sp³-hybridized carbons (Fsp3) is 0.182. The topological polar surface area (TPSA) is 105 Å². The van der Waals surface area contributed by atoms with Crippen molar-refractivity contribution in [1.29, 1.82) is 0 Å². The average molecular weight is 474 g/mol. The Morgan fingerprint density at radius 2 is 1.79 bits per heavy atom. The largest absolute Gasteiger partial charge is 0.490 e. The molecule has 11 heteroatoms. The summed E-state index contributed by atoms with van der Waals surface area (Å²) in [7, 11) is 0. The molecule has 0 amide bonds. The maximum absolute atomic E-state index is 10.6. The summed E-state index contributed by atoms with van der Waals surface area (Å²) in [6.45, 7) is 1.92. The SMILES string of the molecule is Cc1nc(SCCc2nc3ccccc3[nH]2)c2oc3ccccc3c2n1.O=C(O)C(F)(F)F. The number of fused-ring (bicyclic) bond motifs is 4. The molecule has 2 N–H and O–H groups in total. The third-order valence-electron chi connectivity index (χ3n) is 4.56. The van der Waals surface area contributed by atoms with Gasteiger partial charge in [0.2, 0.25) is 0 Å². The Morgan fingerprint density at radius 3 is 2.52 bits per heavy atom. The van der Waals surface area contributed by atoms with E-state index in [9.17, 15) is 13.2 Å². The number of benzene rings is 2. The highest BCUT2D eigenvalue weighted by Gasteiger charge is 2.38. The molecule has 0 aliphatic carbocycles. The molecule has 0 atom stereocenters. The van der Waals surface area contributed by atoms with Gasteiger partial charge < -0.3 is 14.5 Å². The molecule has 0 saturated heterocycles. The molecule has 5 rings (SSSR count). The molecule has 5 aromatic rings. The third-order valence-corrected chi connectivity index (χ3v) is 5.52. The van der Waals surface area contributed by atoms with Crippen LogP contribution < -0.4 is 0 Å². The number of aromatic nitrogens is 4. The Morgan fingerprint density at radius 1 is 1.09 bits per heavy atom. The normalized spacial score (nSPS) is 11.6. The van der Waals surface area contributed by atoms with E-state index in [1.165, 1.54) is 0 Å². The number of aryl methyl sites for hydroxylation is 2. The lowest BCUT2D eigenvalue weighted by Crippen LogP contribution is -2.21. The van der Waals surface area contributed by atoms with Gasteiger partial charge in [0.15, 0.2) is 5.58 Å². The van der Waals surface area contributed by atoms with Gasteiger partial charge in [-0.25, -0.2) is 19.7 Å². The van der Waals surface area contributed by atoms with Crippen LogP contribution in [-0.2, 0) is 11.2 Å². The first-order chi connectivity index (χ1) is 15.7. The molecule has 0 unspecified atom stereocenters. The minimum Gasteiger partial charge on any atom is -0.475 e. The van der Waals surface area contributed by atoms with Crippen LogP contribution in [0.3, 0.4) is 0 Å². The van der Waals surface area contributed by atoms with Crippen molar-refractivity contribution in [2.75, 3.05) is 5.75 Å². The fourth-order valence-electron chi connectivity index (χ4n) is 3.14. The van der Waals surface area contributed by atoms with E-state index in [-0.39, 0.29) is 0 Å². The summed E-state index contributed by atoms with van der Waals surface area (Å²) >= 11 is 1.68. The van der Waals surface area contributed by atoms with Gasteiger partial charge in [-0.1, -0.05) is 24.3 Å². The number of nitrogens with zero attached hydrogens (tertiary/aromatic N) is 3. The van der Waals surface area contributed by atoms with Crippen LogP contribution in [0.2, 0.25) is 0 Å². The second-order valence-electron chi connectivity index (χ2n) is 6.95. The lowest BCUT2D eigenvalue weighted by Gasteiger charge is -2.02. The number of furan rings is 1. The van der Waals surface area contributed by atoms with Gasteiger partial charge in [-0.2, -0.15) is 13.2 Å². The van der Waals surface area contributed by atoms with Crippen LogP contribution in [0, 0.1) is 6.92 Å². The summed E-state index contributed by atoms with van der Waals surface area (Å²) in [5, 5.41) is 9.05. The zero-order valence-corrected chi connectivity index (χ0v) is 18.0. The van der Waals surface area contributed by atoms with E-state index in [2.05, 4.69) is 19.9 Å². The molecule has 0 fully saturated rings. The van der Waals surface area contributed by atoms with Crippen LogP contribution in [-0.4, -0.2) is 42.9 Å². The Bertz CT molecular complexity index is 1410. The van der Waals surface area contributed by atoms with Gasteiger partial charge in [-0.15, -0.1) is 11.8 Å². The number of aromatic amines is 1. The van der Waals surface area contributed by atoms with E-state index in [1.54, 1.807) is 11.8 Å². The summed E-state index contributed by atoms with van der Waals surface area (Å²) in [5.41, 5.74) is 4.59. The smallest absolute Gasteiger partial charge is 0.475 e. The number of rotatable bonds is 4. The number of H-pyrrole nitrogens is 1. The predicted molar refractivity (Wildman–Crippen MR) is 118 cm³/mol. The fourth-order valence-corrected chi connectivity index (χ4v) is 4.09. The van der Waals surface area contributed by atoms with E-state index in [0.29, 0.717) is 0 Å². The van der Waals surface area contributed by atoms with Crippen LogP contribution in [0.5, 0.6) is 0 Å². The first kappa shape index (κ1) is 22.6. The molecule has 0 radical (unpaired) electrons. The number of imidazole rings is 1. The quantitative estimate of drug-likeness (QED) is 0.261. The van der Waals surface area contributed by atoms with Gasteiger partial charge in [0.25, 0.3) is 0 Å². The molecule has 0 saturated carbocycles. The number of carboxylic acids is 1. The molecule has 7 nitrogen and oxygen atoms in total. The van der Waals surface area contributed by atoms with Gasteiger partial charge in [0, 0.05) is 17.6 Å². The van der Waals surface area contributed by atoms with E-state index in [1.807, 2.05) is 55.5 Å². The Labute approximate surface area is 189 Å². The number of hydrogen-bond acceptors (Lipinski definition) is 6. The summed E-state index contributed by atoms with van der Waals surface area (Å²) < 4.78 is 37.8. The van der Waals surface area contributed by atoms with Crippen LogP contribution in [0.1, 0.15) is 11.6 Å². The number of thioether (sulfide) groups is 1. The van der Waals surface area contributed by atoms with Crippen LogP contribution in [0.4, 0.5) is 13.2 Å². The van der Waals surface area contributed by atoms with Crippen molar-refractivity contribution in [3.8, 4) is 0 Å². The number of alkyl halides is 3. The first-order valence-corrected chi connectivity index (χ1v) is 10.7. The summed E-state index contributed by atoms with van der Waals surface area (Å²) in [4.78, 5) is 26.1. The zero-order valence-electron chi connectivity index (χ0n) is 17.2. The summed E-state index contributed by atoms with van der Waals surface area (Å²) in [6, 6.07) is 16.1. The Balaban J connectivity index is 0.000000325. The number of aliphatic carboxylic acids is 1. The minimum atomic E-state index is -5.08. The number of halogens is 3. The van der Waals surface area contributed by atoms with Crippen molar-refractivity contribution in [1.82, 2.24) is 19.9 Å². The summed E-state index contributed by atoms with van der Waals surface area (Å²) in [5.74, 6) is -0.143. The van der Waals surface area contributed by atoms with Crippen molar-refractivity contribution < 1.29 is 27.5 Å². The minimum absolute atomic E-state index is 0.760. The predicted octanol–water partition coefficient (Wildman–Crippen LogP) is 5.53. The monoisotopic (exact) mass is 474 g/mol. The van der Waals surface area contributed by atoms with Gasteiger partial charge in [-0.05, 0) is 31.2 Å². The third kappa shape index (κ3) is 5.08. The molecule has 0 spiro atoms. The van der Waals surface area contributed by atoms with E-state index >= 15 is 0 Å². The first-order valence-electron chi connectivity index (χ1n) is 9.75. The molecule has 3 heterocycles. The molecule has 170 valence electrons. The van der Waals surface area contributed by atoms with Crippen molar-refractivity contribution in [2.24, 2.45) is 0 Å². The lowest BCUT2D eigenvalue weighted by molar-refractivity contribution is -0.192. The molecule has 0 aliphatic heterocycles. The van der Waals surface area contributed by atoms with Crippen molar-refractivity contribution in [2.45, 2.75) is 24.5 Å². The average Bonchev–Trinajstić information content (AvgIpc) is 3.34. The van der Waals surface area contributed by atoms with Crippen molar-refractivity contribution in [3.05, 3.63) is 60.2 Å². The van der Waals surface area contributed by atoms with Crippen LogP contribution >= 0.6 is 11.8 Å². The van der Waals surface area contributed by atoms with Gasteiger partial charge in [0.1, 0.15) is 27.8 Å². The van der Waals surface area contributed by atoms with Gasteiger partial charge >= 0.3 is 12.1 Å². The molecule has 0 bridgehead atoms. The zero-order chi connectivity index (χ0) is 23.6. The number of hydrogen-bond donors (Lipinski definition) is 2. The Kier molecular flexibility index (Phi) is 6.23. The molecule has 3 aromatic heterocycles. The molecular formula is C22H17F3N4O3S. The van der Waals surface area contributed by atoms with Gasteiger partial charge in [-0.3, -0.25) is 0 Å². The second-order valence-corrected chi connectivity index (χ2v) is 8.04. The van der Waals surface area contributed by atoms with E-state index in [4.69, 9.17) is 14.3 Å². The maximum atomic E-state index is 10.6. The molecule has 0 aliphatic rings. The standard InChI is InChI=1S/C20H16N4OS.C2HF3O2/c1-12-21-18-13-6-2-5-9-16(13)25-19(18)20(22-12)26-11-10-17-23-14-7-3-4-8-15(14)24-17;3-2(4,5)1(6)7/h2-9H,10-11H2,1H3,(H,23,24);(H,6,7). The van der Waals surface area contributed by atoms with Crippen molar-refractivity contribution in [3.63, 3.8) is 0 Å². The summed E-state index contributed by atoms with van der Waals surface area (Å²) in [6.07, 6.45) is -4.25. The van der Waals surface area contributed by atoms with Crippen molar-refractivity contribution >= 4 is 50.8 Å². The lowest BCUT2D eigenvalue weighted by atomic mass is 10.2. The number of nitrogens with one attached hydrogen (secondary N) is 1. The Hall–Kier alpha value is -3.60. The molecular weight excluding hydrogens is 457 g/mol. The highest BCUT2D eigenvalue weighted by atomic mass is 32.2. The maximum Gasteiger partial charge on any atom is 0.490 e. The van der Waals surface area contributed by atoms with E-state index < -0.39 is 12.1 Å². The number of carboxylic acid groups (broad SMARTS) is 1. The van der Waals surface area contributed by atoms with Crippen LogP contribution in [0.15, 0.2) is 58.0 Å². The van der Waals surface area contributed by atoms with Gasteiger partial charge in [0.05, 0.1) is 11.0 Å². The van der Waals surface area contributed by atoms with E-state index in [0.717, 1.165) is 62.0 Å². The highest BCUT2D eigenvalue weighted by Crippen LogP contribution is 2.33. The highest BCUT2D eigenvalue weighted by molar-refractivity contribution is 7.99. The number of para-hydroxylation sites is 3. The number of carbonyl (C=O) groups is 1. The second kappa shape index (κ2) is 9.10. The van der Waals surface area contributed by atoms with Crippen LogP contribution in [0.25, 0.3) is 33.1 Å². The molecule has 33 heavy (non-hydrogen) atoms. The molecule has 2 aromatic carbocycles.